The van der Waals surface area contributed by atoms with E-state index in [0.29, 0.717) is 0 Å². The van der Waals surface area contributed by atoms with Crippen LogP contribution in [0.25, 0.3) is 0 Å². The molecule has 2 fully saturated rings. The minimum Gasteiger partial charge on any atom is -0.227 e. The zero-order valence-electron chi connectivity index (χ0n) is 9.02. The summed E-state index contributed by atoms with van der Waals surface area (Å²) >= 11 is 6.26. The van der Waals surface area contributed by atoms with Crippen LogP contribution in [-0.2, 0) is 9.84 Å². The van der Waals surface area contributed by atoms with Gasteiger partial charge in [-0.05, 0) is 12.8 Å². The molecule has 3 atom stereocenters. The fourth-order valence-corrected chi connectivity index (χ4v) is 6.75. The summed E-state index contributed by atoms with van der Waals surface area (Å²) in [6.45, 7) is 0. The van der Waals surface area contributed by atoms with E-state index in [-0.39, 0.29) is 16.6 Å². The van der Waals surface area contributed by atoms with Crippen LogP contribution >= 0.6 is 11.6 Å². The molecule has 1 saturated heterocycles. The van der Waals surface area contributed by atoms with Crippen molar-refractivity contribution in [1.82, 2.24) is 0 Å². The Morgan fingerprint density at radius 3 is 2.56 bits per heavy atom. The van der Waals surface area contributed by atoms with Gasteiger partial charge in [-0.3, -0.25) is 0 Å². The minimum absolute atomic E-state index is 0.217. The van der Waals surface area contributed by atoms with Gasteiger partial charge in [-0.1, -0.05) is 37.1 Å². The largest absolute Gasteiger partial charge is 0.227 e. The molecule has 3 aliphatic rings. The number of sulfone groups is 1. The van der Waals surface area contributed by atoms with E-state index in [4.69, 9.17) is 11.6 Å². The Hall–Kier alpha value is -0.280. The van der Waals surface area contributed by atoms with Crippen LogP contribution in [0.5, 0.6) is 0 Å². The Bertz CT molecular complexity index is 479. The first-order valence-corrected chi connectivity index (χ1v) is 7.90. The number of halogens is 1. The lowest BCUT2D eigenvalue weighted by Crippen LogP contribution is -2.44. The van der Waals surface area contributed by atoms with Crippen LogP contribution in [0.3, 0.4) is 0 Å². The van der Waals surface area contributed by atoms with E-state index in [9.17, 15) is 8.42 Å². The van der Waals surface area contributed by atoms with E-state index in [1.165, 1.54) is 0 Å². The van der Waals surface area contributed by atoms with Gasteiger partial charge in [-0.15, -0.1) is 11.6 Å². The highest BCUT2D eigenvalue weighted by atomic mass is 35.5. The lowest BCUT2D eigenvalue weighted by Gasteiger charge is -2.47. The van der Waals surface area contributed by atoms with Gasteiger partial charge in [0.05, 0.1) is 5.75 Å². The van der Waals surface area contributed by atoms with Crippen molar-refractivity contribution in [2.45, 2.75) is 30.4 Å². The van der Waals surface area contributed by atoms with E-state index in [1.807, 2.05) is 18.2 Å². The molecule has 0 amide bonds. The second-order valence-electron chi connectivity index (χ2n) is 5.25. The first-order chi connectivity index (χ1) is 7.53. The predicted octanol–water partition coefficient (Wildman–Crippen LogP) is 2.65. The normalized spacial score (nSPS) is 48.7. The number of rotatable bonds is 0. The summed E-state index contributed by atoms with van der Waals surface area (Å²) in [4.78, 5) is 0. The zero-order valence-corrected chi connectivity index (χ0v) is 10.6. The maximum absolute atomic E-state index is 12.1. The molecule has 88 valence electrons. The van der Waals surface area contributed by atoms with Gasteiger partial charge in [0.2, 0.25) is 0 Å². The van der Waals surface area contributed by atoms with Crippen molar-refractivity contribution in [2.75, 3.05) is 5.75 Å². The smallest absolute Gasteiger partial charge is 0.168 e. The van der Waals surface area contributed by atoms with Gasteiger partial charge in [0.15, 0.2) is 9.84 Å². The summed E-state index contributed by atoms with van der Waals surface area (Å²) in [5, 5.41) is 0. The van der Waals surface area contributed by atoms with Crippen LogP contribution in [0, 0.1) is 10.8 Å². The maximum Gasteiger partial charge on any atom is 0.168 e. The van der Waals surface area contributed by atoms with E-state index in [2.05, 4.69) is 6.08 Å². The number of hydrogen-bond acceptors (Lipinski definition) is 2. The molecule has 1 aliphatic heterocycles. The van der Waals surface area contributed by atoms with Crippen molar-refractivity contribution >= 4 is 21.4 Å². The maximum atomic E-state index is 12.1. The number of alkyl halides is 1. The number of allylic oxidation sites excluding steroid dienone is 4. The third-order valence-electron chi connectivity index (χ3n) is 4.49. The minimum atomic E-state index is -3.15. The molecule has 2 aliphatic carbocycles. The van der Waals surface area contributed by atoms with Gasteiger partial charge in [-0.2, -0.15) is 0 Å². The van der Waals surface area contributed by atoms with E-state index < -0.39 is 14.5 Å². The van der Waals surface area contributed by atoms with E-state index in [1.54, 1.807) is 0 Å². The van der Waals surface area contributed by atoms with Crippen molar-refractivity contribution in [3.05, 3.63) is 24.3 Å². The van der Waals surface area contributed by atoms with Crippen LogP contribution in [0.1, 0.15) is 25.7 Å². The molecule has 2 nitrogen and oxygen atoms in total. The van der Waals surface area contributed by atoms with Crippen LogP contribution in [0.15, 0.2) is 24.3 Å². The van der Waals surface area contributed by atoms with Crippen LogP contribution in [-0.4, -0.2) is 18.9 Å². The quantitative estimate of drug-likeness (QED) is 0.626. The summed E-state index contributed by atoms with van der Waals surface area (Å²) < 4.78 is 23.4. The fourth-order valence-electron chi connectivity index (χ4n) is 3.72. The second kappa shape index (κ2) is 3.14. The summed E-state index contributed by atoms with van der Waals surface area (Å²) in [7, 11) is -3.15. The molecule has 0 aromatic heterocycles. The van der Waals surface area contributed by atoms with Crippen LogP contribution < -0.4 is 0 Å². The summed E-state index contributed by atoms with van der Waals surface area (Å²) in [5.74, 6) is 0.231. The van der Waals surface area contributed by atoms with Gasteiger partial charge < -0.3 is 0 Å². The highest BCUT2D eigenvalue weighted by molar-refractivity contribution is 7.93. The lowest BCUT2D eigenvalue weighted by atomic mass is 9.56. The second-order valence-corrected chi connectivity index (χ2v) is 8.03. The molecular weight excluding hydrogens is 244 g/mol. The van der Waals surface area contributed by atoms with Gasteiger partial charge in [0.25, 0.3) is 0 Å². The third-order valence-corrected chi connectivity index (χ3v) is 7.66. The lowest BCUT2D eigenvalue weighted by molar-refractivity contribution is 0.122. The van der Waals surface area contributed by atoms with Gasteiger partial charge in [-0.25, -0.2) is 8.42 Å². The van der Waals surface area contributed by atoms with E-state index in [0.717, 1.165) is 25.7 Å². The van der Waals surface area contributed by atoms with Crippen LogP contribution in [0.4, 0.5) is 0 Å². The molecule has 3 rings (SSSR count). The molecule has 4 heteroatoms. The average molecular weight is 259 g/mol. The Morgan fingerprint density at radius 2 is 1.81 bits per heavy atom. The Morgan fingerprint density at radius 1 is 1.12 bits per heavy atom. The van der Waals surface area contributed by atoms with Crippen molar-refractivity contribution in [3.8, 4) is 0 Å². The molecule has 0 spiro atoms. The van der Waals surface area contributed by atoms with Gasteiger partial charge in [0, 0.05) is 10.8 Å². The molecule has 0 unspecified atom stereocenters. The summed E-state index contributed by atoms with van der Waals surface area (Å²) in [6.07, 6.45) is 12.1. The topological polar surface area (TPSA) is 34.1 Å². The van der Waals surface area contributed by atoms with Crippen LogP contribution in [0.2, 0.25) is 0 Å². The highest BCUT2D eigenvalue weighted by Crippen LogP contribution is 2.63. The summed E-state index contributed by atoms with van der Waals surface area (Å²) in [6, 6.07) is 0. The fraction of sp³-hybridized carbons (Fsp3) is 0.667. The standard InChI is InChI=1S/C12H15ClO2S/c13-10-12-7-3-1-5-11(12,6-2-4-8-12)9-16(10,14)15/h1,3,5,7,10H,2,4,6,8-9H2/t10-,11+,12+/m0/s1. The van der Waals surface area contributed by atoms with Gasteiger partial charge >= 0.3 is 0 Å². The highest BCUT2D eigenvalue weighted by Gasteiger charge is 2.65. The molecular formula is C12H15ClO2S. The molecule has 16 heavy (non-hydrogen) atoms. The molecule has 0 bridgehead atoms. The summed E-state index contributed by atoms with van der Waals surface area (Å²) in [5.41, 5.74) is -0.550. The molecule has 0 N–H and O–H groups in total. The molecule has 0 aromatic carbocycles. The zero-order chi connectivity index (χ0) is 11.4. The first-order valence-electron chi connectivity index (χ1n) is 5.75. The molecule has 0 aromatic rings. The molecule has 1 saturated carbocycles. The Kier molecular flexibility index (Phi) is 2.13. The van der Waals surface area contributed by atoms with Crippen molar-refractivity contribution in [2.24, 2.45) is 10.8 Å². The predicted molar refractivity (Wildman–Crippen MR) is 65.0 cm³/mol. The number of hydrogen-bond donors (Lipinski definition) is 0. The van der Waals surface area contributed by atoms with Crippen molar-refractivity contribution < 1.29 is 8.42 Å². The monoisotopic (exact) mass is 258 g/mol. The third kappa shape index (κ3) is 1.11. The van der Waals surface area contributed by atoms with Crippen molar-refractivity contribution in [1.29, 1.82) is 0 Å². The molecule has 1 heterocycles. The van der Waals surface area contributed by atoms with Gasteiger partial charge in [0.1, 0.15) is 4.71 Å². The first kappa shape index (κ1) is 10.8. The molecule has 0 radical (unpaired) electrons. The average Bonchev–Trinajstić information content (AvgIpc) is 2.45. The van der Waals surface area contributed by atoms with Crippen molar-refractivity contribution in [3.63, 3.8) is 0 Å². The Balaban J connectivity index is 2.23. The Labute approximate surface area is 101 Å². The van der Waals surface area contributed by atoms with E-state index >= 15 is 0 Å². The SMILES string of the molecule is O=S1(=O)C[C@]23C=CC=C[C@@]2(CCCC3)[C@H]1Cl.